The number of ether oxygens (including phenoxy) is 2. The van der Waals surface area contributed by atoms with Crippen LogP contribution in [0.25, 0.3) is 22.2 Å². The summed E-state index contributed by atoms with van der Waals surface area (Å²) in [5.74, 6) is 0.620. The van der Waals surface area contributed by atoms with Gasteiger partial charge in [0.25, 0.3) is 0 Å². The van der Waals surface area contributed by atoms with Gasteiger partial charge in [0.1, 0.15) is 5.75 Å². The van der Waals surface area contributed by atoms with Gasteiger partial charge in [-0.2, -0.15) is 8.78 Å². The van der Waals surface area contributed by atoms with Crippen LogP contribution in [0.4, 0.5) is 25.0 Å². The molecule has 0 bridgehead atoms. The SMILES string of the molecule is COC(=O)Nc1cccc(-c2c(N)c3ccc(OC(F)F)cc3n2CC2CC2)c1. The molecular formula is C21H21F2N3O3. The number of amides is 1. The predicted molar refractivity (Wildman–Crippen MR) is 107 cm³/mol. The molecule has 3 aromatic rings. The number of benzene rings is 2. The van der Waals surface area contributed by atoms with Crippen LogP contribution >= 0.6 is 0 Å². The molecule has 1 aliphatic rings. The fraction of sp³-hybridized carbons (Fsp3) is 0.286. The molecule has 8 heteroatoms. The molecule has 6 nitrogen and oxygen atoms in total. The second-order valence-electron chi connectivity index (χ2n) is 7.07. The van der Waals surface area contributed by atoms with Crippen LogP contribution in [0.1, 0.15) is 12.8 Å². The molecular weight excluding hydrogens is 380 g/mol. The van der Waals surface area contributed by atoms with E-state index in [0.717, 1.165) is 41.5 Å². The molecule has 4 rings (SSSR count). The van der Waals surface area contributed by atoms with Crippen LogP contribution in [-0.4, -0.2) is 24.4 Å². The Bertz CT molecular complexity index is 1060. The minimum absolute atomic E-state index is 0.0923. The van der Waals surface area contributed by atoms with E-state index in [1.807, 2.05) is 18.2 Å². The van der Waals surface area contributed by atoms with Crippen LogP contribution in [0.3, 0.4) is 0 Å². The van der Waals surface area contributed by atoms with E-state index in [2.05, 4.69) is 19.4 Å². The Balaban J connectivity index is 1.83. The molecule has 152 valence electrons. The Morgan fingerprint density at radius 3 is 2.76 bits per heavy atom. The summed E-state index contributed by atoms with van der Waals surface area (Å²) in [4.78, 5) is 11.5. The van der Waals surface area contributed by atoms with Crippen LogP contribution in [0.2, 0.25) is 0 Å². The van der Waals surface area contributed by atoms with Gasteiger partial charge in [0.05, 0.1) is 24.0 Å². The molecule has 0 spiro atoms. The van der Waals surface area contributed by atoms with E-state index in [0.29, 0.717) is 17.3 Å². The van der Waals surface area contributed by atoms with Gasteiger partial charge in [-0.3, -0.25) is 5.32 Å². The normalized spacial score (nSPS) is 13.7. The molecule has 1 aromatic heterocycles. The summed E-state index contributed by atoms with van der Waals surface area (Å²) in [5.41, 5.74) is 9.94. The minimum Gasteiger partial charge on any atom is -0.453 e. The zero-order chi connectivity index (χ0) is 20.5. The number of alkyl halides is 2. The van der Waals surface area contributed by atoms with Gasteiger partial charge in [-0.1, -0.05) is 12.1 Å². The van der Waals surface area contributed by atoms with Gasteiger partial charge in [-0.15, -0.1) is 0 Å². The second kappa shape index (κ2) is 7.62. The Labute approximate surface area is 166 Å². The van der Waals surface area contributed by atoms with Crippen molar-refractivity contribution < 1.29 is 23.0 Å². The van der Waals surface area contributed by atoms with E-state index < -0.39 is 12.7 Å². The van der Waals surface area contributed by atoms with Crippen molar-refractivity contribution >= 4 is 28.4 Å². The number of methoxy groups -OCH3 is 1. The average molecular weight is 401 g/mol. The fourth-order valence-corrected chi connectivity index (χ4v) is 3.50. The lowest BCUT2D eigenvalue weighted by Gasteiger charge is -2.13. The Kier molecular flexibility index (Phi) is 5.00. The number of aromatic nitrogens is 1. The van der Waals surface area contributed by atoms with E-state index in [1.54, 1.807) is 18.2 Å². The number of nitrogens with zero attached hydrogens (tertiary/aromatic N) is 1. The lowest BCUT2D eigenvalue weighted by Crippen LogP contribution is -2.11. The average Bonchev–Trinajstić information content (AvgIpc) is 3.46. The summed E-state index contributed by atoms with van der Waals surface area (Å²) >= 11 is 0. The van der Waals surface area contributed by atoms with Crippen molar-refractivity contribution in [1.29, 1.82) is 0 Å². The zero-order valence-corrected chi connectivity index (χ0v) is 15.8. The first-order valence-electron chi connectivity index (χ1n) is 9.28. The zero-order valence-electron chi connectivity index (χ0n) is 15.8. The van der Waals surface area contributed by atoms with Gasteiger partial charge in [0.15, 0.2) is 0 Å². The van der Waals surface area contributed by atoms with E-state index in [-0.39, 0.29) is 5.75 Å². The van der Waals surface area contributed by atoms with Crippen LogP contribution in [0.5, 0.6) is 5.75 Å². The van der Waals surface area contributed by atoms with E-state index in [1.165, 1.54) is 13.2 Å². The molecule has 0 radical (unpaired) electrons. The molecule has 1 amide bonds. The highest BCUT2D eigenvalue weighted by Gasteiger charge is 2.26. The van der Waals surface area contributed by atoms with Crippen molar-refractivity contribution in [2.24, 2.45) is 5.92 Å². The number of nitrogens with one attached hydrogen (secondary N) is 1. The Morgan fingerprint density at radius 1 is 1.28 bits per heavy atom. The molecule has 1 fully saturated rings. The maximum Gasteiger partial charge on any atom is 0.411 e. The predicted octanol–water partition coefficient (Wildman–Crippen LogP) is 5.08. The molecule has 1 heterocycles. The van der Waals surface area contributed by atoms with Gasteiger partial charge < -0.3 is 19.8 Å². The minimum atomic E-state index is -2.89. The number of nitrogens with two attached hydrogens (primary N) is 1. The van der Waals surface area contributed by atoms with Gasteiger partial charge in [-0.25, -0.2) is 4.79 Å². The molecule has 0 aliphatic heterocycles. The summed E-state index contributed by atoms with van der Waals surface area (Å²) in [6, 6.07) is 12.1. The van der Waals surface area contributed by atoms with E-state index in [4.69, 9.17) is 5.73 Å². The quantitative estimate of drug-likeness (QED) is 0.604. The maximum atomic E-state index is 12.7. The monoisotopic (exact) mass is 401 g/mol. The summed E-state index contributed by atoms with van der Waals surface area (Å²) in [6.45, 7) is -2.16. The van der Waals surface area contributed by atoms with Crippen LogP contribution in [0.15, 0.2) is 42.5 Å². The lowest BCUT2D eigenvalue weighted by atomic mass is 10.1. The van der Waals surface area contributed by atoms with Gasteiger partial charge >= 0.3 is 12.7 Å². The maximum absolute atomic E-state index is 12.7. The second-order valence-corrected chi connectivity index (χ2v) is 7.07. The number of anilines is 2. The fourth-order valence-electron chi connectivity index (χ4n) is 3.50. The summed E-state index contributed by atoms with van der Waals surface area (Å²) in [6.07, 6.45) is 1.68. The lowest BCUT2D eigenvalue weighted by molar-refractivity contribution is -0.0497. The molecule has 0 atom stereocenters. The van der Waals surface area contributed by atoms with Gasteiger partial charge in [-0.05, 0) is 43.0 Å². The number of halogens is 2. The van der Waals surface area contributed by atoms with Crippen LogP contribution in [-0.2, 0) is 11.3 Å². The van der Waals surface area contributed by atoms with Crippen molar-refractivity contribution in [3.05, 3.63) is 42.5 Å². The molecule has 1 aliphatic carbocycles. The first-order valence-corrected chi connectivity index (χ1v) is 9.28. The number of fused-ring (bicyclic) bond motifs is 1. The summed E-state index contributed by atoms with van der Waals surface area (Å²) in [5, 5.41) is 3.42. The first-order chi connectivity index (χ1) is 14.0. The van der Waals surface area contributed by atoms with Crippen LogP contribution in [0, 0.1) is 5.92 Å². The number of carbonyl (C=O) groups excluding carboxylic acids is 1. The first kappa shape index (κ1) is 19.0. The van der Waals surface area contributed by atoms with Gasteiger partial charge in [0, 0.05) is 29.2 Å². The van der Waals surface area contributed by atoms with Crippen molar-refractivity contribution in [1.82, 2.24) is 4.57 Å². The molecule has 29 heavy (non-hydrogen) atoms. The topological polar surface area (TPSA) is 78.5 Å². The highest BCUT2D eigenvalue weighted by atomic mass is 19.3. The number of carbonyl (C=O) groups is 1. The van der Waals surface area contributed by atoms with E-state index >= 15 is 0 Å². The molecule has 0 unspecified atom stereocenters. The van der Waals surface area contributed by atoms with Crippen molar-refractivity contribution in [2.75, 3.05) is 18.2 Å². The van der Waals surface area contributed by atoms with Crippen LogP contribution < -0.4 is 15.8 Å². The molecule has 3 N–H and O–H groups in total. The highest BCUT2D eigenvalue weighted by Crippen LogP contribution is 2.41. The largest absolute Gasteiger partial charge is 0.453 e. The summed E-state index contributed by atoms with van der Waals surface area (Å²) < 4.78 is 36.6. The molecule has 1 saturated carbocycles. The Morgan fingerprint density at radius 2 is 2.07 bits per heavy atom. The third kappa shape index (κ3) is 3.96. The molecule has 0 saturated heterocycles. The smallest absolute Gasteiger partial charge is 0.411 e. The van der Waals surface area contributed by atoms with Crippen molar-refractivity contribution in [2.45, 2.75) is 26.0 Å². The molecule has 2 aromatic carbocycles. The standard InChI is InChI=1S/C21H21F2N3O3/c1-28-21(27)25-14-4-2-3-13(9-14)19-18(24)16-8-7-15(29-20(22)23)10-17(16)26(19)11-12-5-6-12/h2-4,7-10,12,20H,5-6,11,24H2,1H3,(H,25,27). The summed E-state index contributed by atoms with van der Waals surface area (Å²) in [7, 11) is 1.30. The van der Waals surface area contributed by atoms with E-state index in [9.17, 15) is 13.6 Å². The van der Waals surface area contributed by atoms with Crippen molar-refractivity contribution in [3.63, 3.8) is 0 Å². The van der Waals surface area contributed by atoms with Gasteiger partial charge in [0.2, 0.25) is 0 Å². The number of nitrogen functional groups attached to an aromatic ring is 1. The third-order valence-electron chi connectivity index (χ3n) is 5.01. The number of hydrogen-bond donors (Lipinski definition) is 2. The van der Waals surface area contributed by atoms with Crippen molar-refractivity contribution in [3.8, 4) is 17.0 Å². The number of hydrogen-bond acceptors (Lipinski definition) is 4. The number of rotatable bonds is 6. The highest BCUT2D eigenvalue weighted by molar-refractivity contribution is 6.02. The third-order valence-corrected chi connectivity index (χ3v) is 5.01. The Hall–Kier alpha value is -3.29.